The number of nitrogens with zero attached hydrogens (tertiary/aromatic N) is 3. The largest absolute Gasteiger partial charge is 0.389 e. The number of carbonyl (C=O) groups is 2. The molecule has 1 atom stereocenters. The van der Waals surface area contributed by atoms with Gasteiger partial charge >= 0.3 is 0 Å². The van der Waals surface area contributed by atoms with Crippen molar-refractivity contribution in [1.29, 1.82) is 0 Å². The molecule has 0 radical (unpaired) electrons. The van der Waals surface area contributed by atoms with Crippen LogP contribution in [0.4, 0.5) is 0 Å². The minimum atomic E-state index is -0.959. The Labute approximate surface area is 157 Å². The molecule has 0 unspecified atom stereocenters. The van der Waals surface area contributed by atoms with Crippen LogP contribution in [0.1, 0.15) is 25.5 Å². The van der Waals surface area contributed by atoms with E-state index in [9.17, 15) is 14.7 Å². The molecule has 1 aromatic heterocycles. The van der Waals surface area contributed by atoms with E-state index in [1.165, 1.54) is 6.92 Å². The highest BCUT2D eigenvalue weighted by Gasteiger charge is 2.52. The summed E-state index contributed by atoms with van der Waals surface area (Å²) in [5, 5.41) is 13.7. The van der Waals surface area contributed by atoms with Crippen LogP contribution in [0.5, 0.6) is 0 Å². The molecule has 4 rings (SSSR count). The summed E-state index contributed by atoms with van der Waals surface area (Å²) in [7, 11) is 0. The van der Waals surface area contributed by atoms with Gasteiger partial charge in [0, 0.05) is 44.6 Å². The van der Waals surface area contributed by atoms with Crippen LogP contribution in [0.2, 0.25) is 0 Å². The smallest absolute Gasteiger partial charge is 0.249 e. The lowest BCUT2D eigenvalue weighted by molar-refractivity contribution is -0.158. The monoisotopic (exact) mass is 369 g/mol. The highest BCUT2D eigenvalue weighted by atomic mass is 16.5. The maximum Gasteiger partial charge on any atom is 0.249 e. The molecule has 0 spiro atoms. The molecule has 1 aromatic carbocycles. The third kappa shape index (κ3) is 3.12. The lowest BCUT2D eigenvalue weighted by atomic mass is 9.87. The number of carbonyl (C=O) groups excluding carboxylic acids is 2. The molecule has 2 aliphatic rings. The lowest BCUT2D eigenvalue weighted by Crippen LogP contribution is -2.65. The average Bonchev–Trinajstić information content (AvgIpc) is 3.27. The molecule has 0 bridgehead atoms. The Morgan fingerprint density at radius 3 is 2.70 bits per heavy atom. The summed E-state index contributed by atoms with van der Waals surface area (Å²) in [4.78, 5) is 28.8. The summed E-state index contributed by atoms with van der Waals surface area (Å²) < 4.78 is 5.53. The molecule has 2 aromatic rings. The third-order valence-corrected chi connectivity index (χ3v) is 5.51. The number of hydrogen-bond acceptors (Lipinski definition) is 5. The van der Waals surface area contributed by atoms with E-state index >= 15 is 0 Å². The lowest BCUT2D eigenvalue weighted by Gasteiger charge is -2.44. The van der Waals surface area contributed by atoms with Crippen LogP contribution in [0.3, 0.4) is 0 Å². The van der Waals surface area contributed by atoms with Crippen molar-refractivity contribution in [3.8, 4) is 11.3 Å². The van der Waals surface area contributed by atoms with E-state index in [0.29, 0.717) is 37.5 Å². The van der Waals surface area contributed by atoms with Crippen LogP contribution in [0.15, 0.2) is 40.9 Å². The van der Waals surface area contributed by atoms with E-state index in [-0.39, 0.29) is 18.2 Å². The van der Waals surface area contributed by atoms with Crippen LogP contribution in [-0.2, 0) is 16.0 Å². The molecule has 2 saturated heterocycles. The first-order valence-corrected chi connectivity index (χ1v) is 9.26. The van der Waals surface area contributed by atoms with Crippen molar-refractivity contribution in [1.82, 2.24) is 15.0 Å². The zero-order chi connectivity index (χ0) is 19.0. The number of rotatable bonds is 4. The summed E-state index contributed by atoms with van der Waals surface area (Å²) >= 11 is 0. The van der Waals surface area contributed by atoms with E-state index in [1.807, 2.05) is 36.4 Å². The third-order valence-electron chi connectivity index (χ3n) is 5.51. The summed E-state index contributed by atoms with van der Waals surface area (Å²) in [6.07, 6.45) is 1.16. The fourth-order valence-corrected chi connectivity index (χ4v) is 4.16. The second kappa shape index (κ2) is 6.81. The Balaban J connectivity index is 1.63. The molecule has 2 amide bonds. The average molecular weight is 369 g/mol. The highest BCUT2D eigenvalue weighted by molar-refractivity contribution is 5.92. The maximum atomic E-state index is 13.2. The number of benzene rings is 1. The Morgan fingerprint density at radius 1 is 1.30 bits per heavy atom. The Bertz CT molecular complexity index is 844. The van der Waals surface area contributed by atoms with Gasteiger partial charge in [0.15, 0.2) is 0 Å². The molecule has 7 nitrogen and oxygen atoms in total. The number of likely N-dealkylation sites (tertiary alicyclic amines) is 2. The van der Waals surface area contributed by atoms with Gasteiger partial charge in [-0.2, -0.15) is 0 Å². The predicted octanol–water partition coefficient (Wildman–Crippen LogP) is 1.47. The van der Waals surface area contributed by atoms with Crippen LogP contribution < -0.4 is 0 Å². The van der Waals surface area contributed by atoms with Gasteiger partial charge in [0.1, 0.15) is 17.0 Å². The molecular formula is C20H23N3O4. The van der Waals surface area contributed by atoms with Crippen molar-refractivity contribution in [2.75, 3.05) is 19.6 Å². The summed E-state index contributed by atoms with van der Waals surface area (Å²) in [5.41, 5.74) is 0.688. The Hall–Kier alpha value is -2.67. The first kappa shape index (κ1) is 17.7. The van der Waals surface area contributed by atoms with Crippen molar-refractivity contribution in [3.05, 3.63) is 42.2 Å². The maximum absolute atomic E-state index is 13.2. The molecule has 0 aliphatic carbocycles. The first-order chi connectivity index (χ1) is 13.0. The van der Waals surface area contributed by atoms with Gasteiger partial charge in [0.05, 0.1) is 6.10 Å². The summed E-state index contributed by atoms with van der Waals surface area (Å²) in [6.45, 7) is 2.68. The SMILES string of the molecule is CC(=O)N1CCC[C@]1(Cc1cc(-c2ccccc2)no1)C(=O)N1CC(O)C1. The quantitative estimate of drug-likeness (QED) is 0.882. The van der Waals surface area contributed by atoms with E-state index in [2.05, 4.69) is 5.16 Å². The van der Waals surface area contributed by atoms with Crippen molar-refractivity contribution in [2.45, 2.75) is 37.8 Å². The van der Waals surface area contributed by atoms with Gasteiger partial charge in [-0.05, 0) is 12.8 Å². The van der Waals surface area contributed by atoms with Crippen molar-refractivity contribution in [3.63, 3.8) is 0 Å². The summed E-state index contributed by atoms with van der Waals surface area (Å²) in [6, 6.07) is 11.5. The molecule has 27 heavy (non-hydrogen) atoms. The molecule has 2 fully saturated rings. The van der Waals surface area contributed by atoms with Gasteiger partial charge in [0.2, 0.25) is 11.8 Å². The predicted molar refractivity (Wildman–Crippen MR) is 97.6 cm³/mol. The molecule has 3 heterocycles. The van der Waals surface area contributed by atoms with Crippen LogP contribution in [0.25, 0.3) is 11.3 Å². The summed E-state index contributed by atoms with van der Waals surface area (Å²) in [5.74, 6) is 0.347. The van der Waals surface area contributed by atoms with Gasteiger partial charge in [-0.15, -0.1) is 0 Å². The number of aliphatic hydroxyl groups excluding tert-OH is 1. The fraction of sp³-hybridized carbons (Fsp3) is 0.450. The van der Waals surface area contributed by atoms with E-state index in [1.54, 1.807) is 9.80 Å². The number of β-amino-alcohol motifs (C(OH)–C–C–N with tert-alkyl or cyclic N) is 1. The molecule has 2 aliphatic heterocycles. The van der Waals surface area contributed by atoms with Gasteiger partial charge < -0.3 is 19.4 Å². The molecule has 1 N–H and O–H groups in total. The topological polar surface area (TPSA) is 86.9 Å². The van der Waals surface area contributed by atoms with Crippen LogP contribution >= 0.6 is 0 Å². The second-order valence-electron chi connectivity index (χ2n) is 7.39. The molecule has 7 heteroatoms. The van der Waals surface area contributed by atoms with Gasteiger partial charge in [0.25, 0.3) is 0 Å². The van der Waals surface area contributed by atoms with Gasteiger partial charge in [-0.1, -0.05) is 35.5 Å². The van der Waals surface area contributed by atoms with Crippen LogP contribution in [-0.4, -0.2) is 63.2 Å². The standard InChI is InChI=1S/C20H23N3O4/c1-14(24)23-9-5-8-20(23,19(26)22-12-16(25)13-22)11-17-10-18(21-27-17)15-6-3-2-4-7-15/h2-4,6-7,10,16,25H,5,8-9,11-13H2,1H3/t20-/m0/s1. The zero-order valence-electron chi connectivity index (χ0n) is 15.3. The first-order valence-electron chi connectivity index (χ1n) is 9.26. The minimum Gasteiger partial charge on any atom is -0.389 e. The number of aliphatic hydroxyl groups is 1. The van der Waals surface area contributed by atoms with E-state index < -0.39 is 11.6 Å². The van der Waals surface area contributed by atoms with Gasteiger partial charge in [-0.3, -0.25) is 9.59 Å². The number of aromatic nitrogens is 1. The number of amides is 2. The van der Waals surface area contributed by atoms with Crippen molar-refractivity contribution >= 4 is 11.8 Å². The molecular weight excluding hydrogens is 346 g/mol. The Kier molecular flexibility index (Phi) is 4.47. The highest BCUT2D eigenvalue weighted by Crippen LogP contribution is 2.36. The van der Waals surface area contributed by atoms with Gasteiger partial charge in [-0.25, -0.2) is 0 Å². The van der Waals surface area contributed by atoms with E-state index in [0.717, 1.165) is 12.0 Å². The molecule has 0 saturated carbocycles. The number of hydrogen-bond donors (Lipinski definition) is 1. The normalized spacial score (nSPS) is 22.7. The van der Waals surface area contributed by atoms with Crippen molar-refractivity contribution < 1.29 is 19.2 Å². The van der Waals surface area contributed by atoms with E-state index in [4.69, 9.17) is 4.52 Å². The minimum absolute atomic E-state index is 0.113. The second-order valence-corrected chi connectivity index (χ2v) is 7.39. The zero-order valence-corrected chi connectivity index (χ0v) is 15.3. The van der Waals surface area contributed by atoms with Crippen LogP contribution in [0, 0.1) is 0 Å². The Morgan fingerprint density at radius 2 is 2.04 bits per heavy atom. The van der Waals surface area contributed by atoms with Crippen molar-refractivity contribution in [2.24, 2.45) is 0 Å². The fourth-order valence-electron chi connectivity index (χ4n) is 4.16. The molecule has 142 valence electrons.